The van der Waals surface area contributed by atoms with Crippen LogP contribution in [0, 0.1) is 21.8 Å². The van der Waals surface area contributed by atoms with Gasteiger partial charge in [-0.1, -0.05) is 13.8 Å². The van der Waals surface area contributed by atoms with Crippen molar-refractivity contribution >= 4 is 17.3 Å². The molecule has 104 valence electrons. The summed E-state index contributed by atoms with van der Waals surface area (Å²) >= 11 is 0. The maximum Gasteiger partial charge on any atom is 0.271 e. The third-order valence-corrected chi connectivity index (χ3v) is 2.48. The molecule has 0 aliphatic heterocycles. The van der Waals surface area contributed by atoms with Crippen molar-refractivity contribution in [2.45, 2.75) is 26.3 Å². The van der Waals surface area contributed by atoms with Crippen LogP contribution >= 0.6 is 0 Å². The van der Waals surface area contributed by atoms with Gasteiger partial charge in [-0.2, -0.15) is 0 Å². The molecule has 0 spiro atoms. The molecule has 0 unspecified atom stereocenters. The lowest BCUT2D eigenvalue weighted by atomic mass is 10.0. The van der Waals surface area contributed by atoms with Crippen LogP contribution in [0.3, 0.4) is 0 Å². The molecule has 3 N–H and O–H groups in total. The summed E-state index contributed by atoms with van der Waals surface area (Å²) in [7, 11) is 0. The fourth-order valence-corrected chi connectivity index (χ4v) is 1.56. The summed E-state index contributed by atoms with van der Waals surface area (Å²) in [6.07, 6.45) is 0.447. The van der Waals surface area contributed by atoms with E-state index >= 15 is 0 Å². The van der Waals surface area contributed by atoms with E-state index in [9.17, 15) is 19.3 Å². The number of nitrogens with zero attached hydrogens (tertiary/aromatic N) is 1. The minimum atomic E-state index is -0.779. The van der Waals surface area contributed by atoms with Crippen LogP contribution in [0.4, 0.5) is 15.8 Å². The van der Waals surface area contributed by atoms with Crippen LogP contribution in [0.25, 0.3) is 0 Å². The molecule has 0 aliphatic rings. The number of benzene rings is 1. The Kier molecular flexibility index (Phi) is 4.94. The summed E-state index contributed by atoms with van der Waals surface area (Å²) in [6.45, 7) is 3.81. The highest BCUT2D eigenvalue weighted by molar-refractivity contribution is 5.95. The topological polar surface area (TPSA) is 98.3 Å². The second-order valence-electron chi connectivity index (χ2n) is 4.65. The van der Waals surface area contributed by atoms with E-state index in [0.717, 1.165) is 18.2 Å². The lowest BCUT2D eigenvalue weighted by Crippen LogP contribution is -2.36. The number of nitrogens with two attached hydrogens (primary N) is 1. The first-order valence-electron chi connectivity index (χ1n) is 5.81. The molecule has 0 heterocycles. The summed E-state index contributed by atoms with van der Waals surface area (Å²) in [5.41, 5.74) is 5.11. The Morgan fingerprint density at radius 2 is 2.16 bits per heavy atom. The third-order valence-electron chi connectivity index (χ3n) is 2.48. The van der Waals surface area contributed by atoms with Gasteiger partial charge in [0.25, 0.3) is 5.69 Å². The summed E-state index contributed by atoms with van der Waals surface area (Å²) in [5, 5.41) is 12.8. The number of nitrogens with one attached hydrogen (secondary N) is 1. The molecule has 0 bridgehead atoms. The van der Waals surface area contributed by atoms with E-state index in [-0.39, 0.29) is 17.3 Å². The molecular weight excluding hydrogens is 253 g/mol. The van der Waals surface area contributed by atoms with Crippen molar-refractivity contribution in [3.8, 4) is 0 Å². The second-order valence-corrected chi connectivity index (χ2v) is 4.65. The summed E-state index contributed by atoms with van der Waals surface area (Å²) in [4.78, 5) is 21.6. The number of rotatable bonds is 5. The van der Waals surface area contributed by atoms with Gasteiger partial charge in [0.2, 0.25) is 5.91 Å². The van der Waals surface area contributed by atoms with Gasteiger partial charge in [-0.05, 0) is 18.4 Å². The fraction of sp³-hybridized carbons (Fsp3) is 0.417. The van der Waals surface area contributed by atoms with E-state index in [1.165, 1.54) is 0 Å². The molecule has 0 saturated carbocycles. The van der Waals surface area contributed by atoms with Crippen LogP contribution in [0.15, 0.2) is 18.2 Å². The molecule has 6 nitrogen and oxygen atoms in total. The SMILES string of the molecule is CC(C)C[C@H](N)C(=O)Nc1cc([N+](=O)[O-])ccc1F. The average Bonchev–Trinajstić information content (AvgIpc) is 2.30. The molecule has 7 heteroatoms. The van der Waals surface area contributed by atoms with Gasteiger partial charge in [0, 0.05) is 12.1 Å². The Morgan fingerprint density at radius 3 is 2.68 bits per heavy atom. The van der Waals surface area contributed by atoms with Crippen molar-refractivity contribution in [3.05, 3.63) is 34.1 Å². The number of amides is 1. The van der Waals surface area contributed by atoms with Gasteiger partial charge in [-0.15, -0.1) is 0 Å². The van der Waals surface area contributed by atoms with Gasteiger partial charge in [-0.25, -0.2) is 4.39 Å². The molecule has 0 fully saturated rings. The van der Waals surface area contributed by atoms with Crippen LogP contribution in [0.2, 0.25) is 0 Å². The average molecular weight is 269 g/mol. The first kappa shape index (κ1) is 15.0. The molecule has 0 aromatic heterocycles. The highest BCUT2D eigenvalue weighted by Crippen LogP contribution is 2.21. The number of carbonyl (C=O) groups excluding carboxylic acids is 1. The Labute approximate surface area is 109 Å². The Morgan fingerprint density at radius 1 is 1.53 bits per heavy atom. The first-order chi connectivity index (χ1) is 8.81. The number of hydrogen-bond acceptors (Lipinski definition) is 4. The van der Waals surface area contributed by atoms with Crippen LogP contribution in [-0.2, 0) is 4.79 Å². The van der Waals surface area contributed by atoms with E-state index in [1.807, 2.05) is 13.8 Å². The molecule has 0 aliphatic carbocycles. The predicted octanol–water partition coefficient (Wildman–Crippen LogP) is 2.05. The van der Waals surface area contributed by atoms with Gasteiger partial charge >= 0.3 is 0 Å². The highest BCUT2D eigenvalue weighted by Gasteiger charge is 2.18. The zero-order valence-electron chi connectivity index (χ0n) is 10.7. The summed E-state index contributed by atoms with van der Waals surface area (Å²) < 4.78 is 13.4. The molecule has 1 amide bonds. The van der Waals surface area contributed by atoms with Gasteiger partial charge in [0.1, 0.15) is 5.82 Å². The zero-order valence-corrected chi connectivity index (χ0v) is 10.7. The molecule has 0 radical (unpaired) electrons. The normalized spacial score (nSPS) is 12.3. The van der Waals surface area contributed by atoms with Crippen molar-refractivity contribution in [3.63, 3.8) is 0 Å². The first-order valence-corrected chi connectivity index (χ1v) is 5.81. The maximum absolute atomic E-state index is 13.4. The zero-order chi connectivity index (χ0) is 14.6. The number of carbonyl (C=O) groups is 1. The number of anilines is 1. The van der Waals surface area contributed by atoms with Crippen LogP contribution in [0.1, 0.15) is 20.3 Å². The number of nitro benzene ring substituents is 1. The lowest BCUT2D eigenvalue weighted by Gasteiger charge is -2.14. The van der Waals surface area contributed by atoms with Crippen molar-refractivity contribution < 1.29 is 14.1 Å². The van der Waals surface area contributed by atoms with Crippen LogP contribution in [-0.4, -0.2) is 16.9 Å². The third kappa shape index (κ3) is 4.29. The quantitative estimate of drug-likeness (QED) is 0.631. The molecule has 1 rings (SSSR count). The summed E-state index contributed by atoms with van der Waals surface area (Å²) in [5.74, 6) is -1.08. The monoisotopic (exact) mass is 269 g/mol. The van der Waals surface area contributed by atoms with Gasteiger partial charge in [0.05, 0.1) is 16.7 Å². The predicted molar refractivity (Wildman–Crippen MR) is 69.1 cm³/mol. The van der Waals surface area contributed by atoms with Crippen LogP contribution in [0.5, 0.6) is 0 Å². The number of halogens is 1. The maximum atomic E-state index is 13.4. The lowest BCUT2D eigenvalue weighted by molar-refractivity contribution is -0.384. The van der Waals surface area contributed by atoms with Crippen molar-refractivity contribution in [2.24, 2.45) is 11.7 Å². The van der Waals surface area contributed by atoms with E-state index in [1.54, 1.807) is 0 Å². The van der Waals surface area contributed by atoms with Gasteiger partial charge in [-0.3, -0.25) is 14.9 Å². The van der Waals surface area contributed by atoms with E-state index in [0.29, 0.717) is 6.42 Å². The highest BCUT2D eigenvalue weighted by atomic mass is 19.1. The van der Waals surface area contributed by atoms with Gasteiger partial charge in [0.15, 0.2) is 0 Å². The Bertz CT molecular complexity index is 491. The van der Waals surface area contributed by atoms with E-state index in [2.05, 4.69) is 5.32 Å². The molecule has 1 aromatic carbocycles. The molecular formula is C12H16FN3O3. The fourth-order valence-electron chi connectivity index (χ4n) is 1.56. The molecule has 1 atom stereocenters. The second kappa shape index (κ2) is 6.24. The van der Waals surface area contributed by atoms with Gasteiger partial charge < -0.3 is 11.1 Å². The number of hydrogen-bond donors (Lipinski definition) is 2. The van der Waals surface area contributed by atoms with E-state index < -0.39 is 22.7 Å². The smallest absolute Gasteiger partial charge is 0.271 e. The minimum absolute atomic E-state index is 0.218. The number of non-ortho nitro benzene ring substituents is 1. The molecule has 0 saturated heterocycles. The standard InChI is InChI=1S/C12H16FN3O3/c1-7(2)5-10(14)12(17)15-11-6-8(16(18)19)3-4-9(11)13/h3-4,6-7,10H,5,14H2,1-2H3,(H,15,17)/t10-/m0/s1. The number of nitro groups is 1. The Balaban J connectivity index is 2.84. The molecule has 1 aromatic rings. The van der Waals surface area contributed by atoms with Crippen molar-refractivity contribution in [1.29, 1.82) is 0 Å². The van der Waals surface area contributed by atoms with E-state index in [4.69, 9.17) is 5.73 Å². The van der Waals surface area contributed by atoms with Crippen molar-refractivity contribution in [1.82, 2.24) is 0 Å². The summed E-state index contributed by atoms with van der Waals surface area (Å²) in [6, 6.07) is 2.15. The van der Waals surface area contributed by atoms with Crippen molar-refractivity contribution in [2.75, 3.05) is 5.32 Å². The minimum Gasteiger partial charge on any atom is -0.322 e. The molecule has 19 heavy (non-hydrogen) atoms. The van der Waals surface area contributed by atoms with Crippen LogP contribution < -0.4 is 11.1 Å². The largest absolute Gasteiger partial charge is 0.322 e. The Hall–Kier alpha value is -2.02.